The summed E-state index contributed by atoms with van der Waals surface area (Å²) in [5.41, 5.74) is 3.59. The van der Waals surface area contributed by atoms with E-state index in [9.17, 15) is 4.79 Å². The summed E-state index contributed by atoms with van der Waals surface area (Å²) in [6.45, 7) is 3.49. The van der Waals surface area contributed by atoms with Crippen molar-refractivity contribution in [2.75, 3.05) is 27.7 Å². The molecule has 2 aromatic carbocycles. The lowest BCUT2D eigenvalue weighted by atomic mass is 10.1. The first kappa shape index (κ1) is 21.3. The van der Waals surface area contributed by atoms with Gasteiger partial charge in [-0.1, -0.05) is 43.3 Å². The number of ether oxygens (including phenoxy) is 1. The normalized spacial score (nSPS) is 11.1. The van der Waals surface area contributed by atoms with Crippen LogP contribution in [0.25, 0.3) is 0 Å². The number of aliphatic imine (C=N–C) groups is 1. The van der Waals surface area contributed by atoms with E-state index in [-0.39, 0.29) is 12.5 Å². The lowest BCUT2D eigenvalue weighted by Crippen LogP contribution is -2.42. The predicted molar refractivity (Wildman–Crippen MR) is 113 cm³/mol. The van der Waals surface area contributed by atoms with Crippen LogP contribution in [0.15, 0.2) is 53.5 Å². The third-order valence-corrected chi connectivity index (χ3v) is 4.43. The standard InChI is InChI=1S/C22H30N4O2/c1-5-18-8-6-7-9-19(18)15-24-22(25-16-21(27)26(2)3)23-14-17-10-12-20(28-4)13-11-17/h6-13H,5,14-16H2,1-4H3,(H2,23,24,25). The van der Waals surface area contributed by atoms with E-state index in [1.54, 1.807) is 26.1 Å². The first-order chi connectivity index (χ1) is 13.5. The van der Waals surface area contributed by atoms with Crippen LogP contribution in [0.1, 0.15) is 23.6 Å². The Balaban J connectivity index is 2.07. The Hall–Kier alpha value is -3.02. The van der Waals surface area contributed by atoms with Crippen molar-refractivity contribution < 1.29 is 9.53 Å². The van der Waals surface area contributed by atoms with Crippen LogP contribution in [-0.2, 0) is 24.3 Å². The zero-order valence-corrected chi connectivity index (χ0v) is 17.2. The number of amides is 1. The SMILES string of the molecule is CCc1ccccc1CNC(=NCc1ccc(OC)cc1)NCC(=O)N(C)C. The Morgan fingerprint density at radius 1 is 1.04 bits per heavy atom. The zero-order chi connectivity index (χ0) is 20.4. The van der Waals surface area contributed by atoms with E-state index >= 15 is 0 Å². The van der Waals surface area contributed by atoms with E-state index < -0.39 is 0 Å². The number of carbonyl (C=O) groups excluding carboxylic acids is 1. The smallest absolute Gasteiger partial charge is 0.241 e. The van der Waals surface area contributed by atoms with Crippen LogP contribution in [0.5, 0.6) is 5.75 Å². The molecule has 0 unspecified atom stereocenters. The van der Waals surface area contributed by atoms with Gasteiger partial charge in [0.2, 0.25) is 5.91 Å². The summed E-state index contributed by atoms with van der Waals surface area (Å²) in [5.74, 6) is 1.42. The Kier molecular flexibility index (Phi) is 8.34. The summed E-state index contributed by atoms with van der Waals surface area (Å²) in [6, 6.07) is 16.1. The van der Waals surface area contributed by atoms with Crippen molar-refractivity contribution in [3.8, 4) is 5.75 Å². The van der Waals surface area contributed by atoms with E-state index in [1.165, 1.54) is 11.1 Å². The van der Waals surface area contributed by atoms with Crippen LogP contribution in [-0.4, -0.2) is 44.5 Å². The van der Waals surface area contributed by atoms with E-state index in [1.807, 2.05) is 30.3 Å². The van der Waals surface area contributed by atoms with Crippen molar-refractivity contribution in [2.45, 2.75) is 26.4 Å². The van der Waals surface area contributed by atoms with Crippen molar-refractivity contribution in [2.24, 2.45) is 4.99 Å². The number of nitrogens with zero attached hydrogens (tertiary/aromatic N) is 2. The molecule has 2 rings (SSSR count). The molecule has 150 valence electrons. The van der Waals surface area contributed by atoms with Crippen LogP contribution in [0.3, 0.4) is 0 Å². The molecular formula is C22H30N4O2. The number of rotatable bonds is 8. The molecule has 28 heavy (non-hydrogen) atoms. The molecule has 0 saturated carbocycles. The van der Waals surface area contributed by atoms with Gasteiger partial charge in [0.15, 0.2) is 5.96 Å². The second kappa shape index (κ2) is 11.0. The molecule has 0 radical (unpaired) electrons. The topological polar surface area (TPSA) is 66.0 Å². The van der Waals surface area contributed by atoms with Crippen molar-refractivity contribution >= 4 is 11.9 Å². The summed E-state index contributed by atoms with van der Waals surface area (Å²) in [5, 5.41) is 6.47. The van der Waals surface area contributed by atoms with Gasteiger partial charge in [-0.25, -0.2) is 4.99 Å². The van der Waals surface area contributed by atoms with Gasteiger partial charge in [0.05, 0.1) is 20.2 Å². The lowest BCUT2D eigenvalue weighted by Gasteiger charge is -2.16. The van der Waals surface area contributed by atoms with Crippen molar-refractivity contribution in [1.29, 1.82) is 0 Å². The molecule has 0 atom stereocenters. The van der Waals surface area contributed by atoms with E-state index in [0.717, 1.165) is 17.7 Å². The van der Waals surface area contributed by atoms with Gasteiger partial charge < -0.3 is 20.3 Å². The number of nitrogens with one attached hydrogen (secondary N) is 2. The number of likely N-dealkylation sites (N-methyl/N-ethyl adjacent to an activating group) is 1. The van der Waals surface area contributed by atoms with E-state index in [2.05, 4.69) is 40.7 Å². The largest absolute Gasteiger partial charge is 0.497 e. The third kappa shape index (κ3) is 6.61. The molecule has 0 aliphatic carbocycles. The molecule has 0 spiro atoms. The number of aryl methyl sites for hydroxylation is 1. The van der Waals surface area contributed by atoms with Crippen molar-refractivity contribution in [1.82, 2.24) is 15.5 Å². The fourth-order valence-electron chi connectivity index (χ4n) is 2.65. The van der Waals surface area contributed by atoms with Crippen LogP contribution < -0.4 is 15.4 Å². The van der Waals surface area contributed by atoms with Gasteiger partial charge in [0, 0.05) is 20.6 Å². The van der Waals surface area contributed by atoms with Crippen LogP contribution in [0, 0.1) is 0 Å². The summed E-state index contributed by atoms with van der Waals surface area (Å²) in [6.07, 6.45) is 0.975. The zero-order valence-electron chi connectivity index (χ0n) is 17.2. The minimum Gasteiger partial charge on any atom is -0.497 e. The number of benzene rings is 2. The molecule has 0 bridgehead atoms. The quantitative estimate of drug-likeness (QED) is 0.544. The molecule has 2 aromatic rings. The molecule has 0 heterocycles. The molecule has 0 aliphatic heterocycles. The monoisotopic (exact) mass is 382 g/mol. The summed E-state index contributed by atoms with van der Waals surface area (Å²) >= 11 is 0. The fraction of sp³-hybridized carbons (Fsp3) is 0.364. The average molecular weight is 383 g/mol. The lowest BCUT2D eigenvalue weighted by molar-refractivity contribution is -0.127. The Morgan fingerprint density at radius 2 is 1.71 bits per heavy atom. The molecule has 1 amide bonds. The van der Waals surface area contributed by atoms with Gasteiger partial charge in [0.25, 0.3) is 0 Å². The van der Waals surface area contributed by atoms with Crippen molar-refractivity contribution in [3.05, 3.63) is 65.2 Å². The Morgan fingerprint density at radius 3 is 2.32 bits per heavy atom. The molecule has 0 saturated heterocycles. The Bertz CT molecular complexity index is 785. The van der Waals surface area contributed by atoms with Gasteiger partial charge >= 0.3 is 0 Å². The molecule has 0 fully saturated rings. The number of carbonyl (C=O) groups is 1. The number of guanidine groups is 1. The second-order valence-electron chi connectivity index (χ2n) is 6.63. The fourth-order valence-corrected chi connectivity index (χ4v) is 2.65. The minimum atomic E-state index is -0.00657. The van der Waals surface area contributed by atoms with Crippen LogP contribution in [0.4, 0.5) is 0 Å². The predicted octanol–water partition coefficient (Wildman–Crippen LogP) is 2.58. The van der Waals surface area contributed by atoms with Crippen LogP contribution >= 0.6 is 0 Å². The molecule has 2 N–H and O–H groups in total. The van der Waals surface area contributed by atoms with Crippen LogP contribution in [0.2, 0.25) is 0 Å². The maximum absolute atomic E-state index is 11.9. The average Bonchev–Trinajstić information content (AvgIpc) is 2.73. The molecule has 6 heteroatoms. The highest BCUT2D eigenvalue weighted by atomic mass is 16.5. The number of hydrogen-bond donors (Lipinski definition) is 2. The van der Waals surface area contributed by atoms with Gasteiger partial charge in [-0.15, -0.1) is 0 Å². The summed E-state index contributed by atoms with van der Waals surface area (Å²) in [7, 11) is 5.13. The maximum Gasteiger partial charge on any atom is 0.241 e. The highest BCUT2D eigenvalue weighted by Gasteiger charge is 2.07. The molecular weight excluding hydrogens is 352 g/mol. The highest BCUT2D eigenvalue weighted by molar-refractivity contribution is 5.86. The van der Waals surface area contributed by atoms with E-state index in [0.29, 0.717) is 19.0 Å². The summed E-state index contributed by atoms with van der Waals surface area (Å²) in [4.78, 5) is 18.1. The van der Waals surface area contributed by atoms with Gasteiger partial charge in [-0.2, -0.15) is 0 Å². The number of hydrogen-bond acceptors (Lipinski definition) is 3. The first-order valence-corrected chi connectivity index (χ1v) is 9.45. The van der Waals surface area contributed by atoms with Gasteiger partial charge in [-0.05, 0) is 35.2 Å². The van der Waals surface area contributed by atoms with Gasteiger partial charge in [0.1, 0.15) is 5.75 Å². The minimum absolute atomic E-state index is 0.00657. The van der Waals surface area contributed by atoms with Gasteiger partial charge in [-0.3, -0.25) is 4.79 Å². The van der Waals surface area contributed by atoms with Crippen molar-refractivity contribution in [3.63, 3.8) is 0 Å². The third-order valence-electron chi connectivity index (χ3n) is 4.43. The molecule has 0 aromatic heterocycles. The second-order valence-corrected chi connectivity index (χ2v) is 6.63. The highest BCUT2D eigenvalue weighted by Crippen LogP contribution is 2.12. The Labute approximate surface area is 167 Å². The molecule has 6 nitrogen and oxygen atoms in total. The first-order valence-electron chi connectivity index (χ1n) is 9.45. The maximum atomic E-state index is 11.9. The number of methoxy groups -OCH3 is 1. The summed E-state index contributed by atoms with van der Waals surface area (Å²) < 4.78 is 5.19. The van der Waals surface area contributed by atoms with E-state index in [4.69, 9.17) is 4.74 Å². The molecule has 0 aliphatic rings.